The minimum atomic E-state index is -1.56. The fourth-order valence-corrected chi connectivity index (χ4v) is 2.55. The van der Waals surface area contributed by atoms with E-state index in [1.807, 2.05) is 0 Å². The summed E-state index contributed by atoms with van der Waals surface area (Å²) in [6.07, 6.45) is -1.03. The predicted molar refractivity (Wildman–Crippen MR) is 109 cm³/mol. The molecule has 0 aromatic heterocycles. The normalized spacial score (nSPS) is 14.8. The molecule has 31 heavy (non-hydrogen) atoms. The molecule has 0 radical (unpaired) electrons. The van der Waals surface area contributed by atoms with Gasteiger partial charge in [-0.1, -0.05) is 27.7 Å². The smallest absolute Gasteiger partial charge is 0.326 e. The molecule has 0 spiro atoms. The lowest BCUT2D eigenvalue weighted by Crippen LogP contribution is -2.59. The molecule has 0 saturated heterocycles. The van der Waals surface area contributed by atoms with Gasteiger partial charge in [0.25, 0.3) is 0 Å². The zero-order valence-corrected chi connectivity index (χ0v) is 18.0. The molecule has 0 bridgehead atoms. The molecule has 0 aromatic carbocycles. The summed E-state index contributed by atoms with van der Waals surface area (Å²) in [5, 5.41) is 16.2. The summed E-state index contributed by atoms with van der Waals surface area (Å²) in [7, 11) is 0. The van der Waals surface area contributed by atoms with Crippen LogP contribution in [0, 0.1) is 11.8 Å². The highest BCUT2D eigenvalue weighted by Gasteiger charge is 2.33. The minimum absolute atomic E-state index is 0.411. The number of carbonyl (C=O) groups is 6. The standard InChI is InChI=1S/C18H32N6O7/c1-7(2)13(16(28)22-10(18(30)31)6-12(21)26)24-17(29)14(8(3)4)23-15(27)9(19)5-11(20)25/h7-10,13-14H,5-6,19H2,1-4H3,(H2,20,25)(H2,21,26)(H,22,28)(H,23,27)(H,24,29)(H,30,31). The molecule has 0 saturated carbocycles. The highest BCUT2D eigenvalue weighted by atomic mass is 16.4. The lowest BCUT2D eigenvalue weighted by molar-refractivity contribution is -0.144. The van der Waals surface area contributed by atoms with E-state index < -0.39 is 84.4 Å². The van der Waals surface area contributed by atoms with Crippen LogP contribution in [0.15, 0.2) is 0 Å². The first-order chi connectivity index (χ1) is 14.2. The Morgan fingerprint density at radius 1 is 0.710 bits per heavy atom. The van der Waals surface area contributed by atoms with E-state index in [1.165, 1.54) is 0 Å². The third-order valence-electron chi connectivity index (χ3n) is 4.27. The lowest BCUT2D eigenvalue weighted by atomic mass is 9.99. The fourth-order valence-electron chi connectivity index (χ4n) is 2.55. The third-order valence-corrected chi connectivity index (χ3v) is 4.27. The molecule has 176 valence electrons. The number of hydrogen-bond donors (Lipinski definition) is 7. The summed E-state index contributed by atoms with van der Waals surface area (Å²) in [4.78, 5) is 70.7. The van der Waals surface area contributed by atoms with Crippen molar-refractivity contribution in [1.82, 2.24) is 16.0 Å². The van der Waals surface area contributed by atoms with Crippen LogP contribution >= 0.6 is 0 Å². The Balaban J connectivity index is 5.38. The number of rotatable bonds is 13. The Labute approximate surface area is 179 Å². The average molecular weight is 444 g/mol. The van der Waals surface area contributed by atoms with E-state index in [0.717, 1.165) is 0 Å². The van der Waals surface area contributed by atoms with Crippen molar-refractivity contribution in [3.05, 3.63) is 0 Å². The molecular formula is C18H32N6O7. The van der Waals surface area contributed by atoms with E-state index in [-0.39, 0.29) is 0 Å². The van der Waals surface area contributed by atoms with Crippen LogP contribution < -0.4 is 33.2 Å². The van der Waals surface area contributed by atoms with Crippen LogP contribution in [0.25, 0.3) is 0 Å². The number of amides is 5. The molecule has 0 aliphatic rings. The summed E-state index contributed by atoms with van der Waals surface area (Å²) < 4.78 is 0. The molecule has 13 heteroatoms. The Morgan fingerprint density at radius 3 is 1.45 bits per heavy atom. The van der Waals surface area contributed by atoms with Crippen LogP contribution in [-0.2, 0) is 28.8 Å². The molecule has 0 aromatic rings. The summed E-state index contributed by atoms with van der Waals surface area (Å²) in [5.41, 5.74) is 15.6. The maximum Gasteiger partial charge on any atom is 0.326 e. The summed E-state index contributed by atoms with van der Waals surface area (Å²) in [5.74, 6) is -6.37. The molecule has 10 N–H and O–H groups in total. The van der Waals surface area contributed by atoms with Crippen LogP contribution in [0.1, 0.15) is 40.5 Å². The number of primary amides is 2. The second-order valence-corrected chi connectivity index (χ2v) is 7.81. The van der Waals surface area contributed by atoms with Crippen molar-refractivity contribution in [1.29, 1.82) is 0 Å². The largest absolute Gasteiger partial charge is 0.480 e. The first-order valence-electron chi connectivity index (χ1n) is 9.63. The van der Waals surface area contributed by atoms with E-state index in [9.17, 15) is 28.8 Å². The summed E-state index contributed by atoms with van der Waals surface area (Å²) in [6, 6.07) is -5.07. The van der Waals surface area contributed by atoms with Gasteiger partial charge in [0.2, 0.25) is 29.5 Å². The SMILES string of the molecule is CC(C)C(NC(=O)C(N)CC(N)=O)C(=O)NC(C(=O)NC(CC(N)=O)C(=O)O)C(C)C. The number of nitrogens with two attached hydrogens (primary N) is 3. The van der Waals surface area contributed by atoms with Gasteiger partial charge < -0.3 is 38.3 Å². The second kappa shape index (κ2) is 12.5. The van der Waals surface area contributed by atoms with Crippen LogP contribution in [-0.4, -0.2) is 64.8 Å². The van der Waals surface area contributed by atoms with Gasteiger partial charge in [-0.05, 0) is 11.8 Å². The molecule has 4 atom stereocenters. The molecular weight excluding hydrogens is 412 g/mol. The Hall–Kier alpha value is -3.22. The Morgan fingerprint density at radius 2 is 1.10 bits per heavy atom. The zero-order valence-electron chi connectivity index (χ0n) is 18.0. The van der Waals surface area contributed by atoms with Crippen molar-refractivity contribution in [2.24, 2.45) is 29.0 Å². The van der Waals surface area contributed by atoms with E-state index in [4.69, 9.17) is 22.3 Å². The van der Waals surface area contributed by atoms with Gasteiger partial charge in [-0.25, -0.2) is 4.79 Å². The average Bonchev–Trinajstić information content (AvgIpc) is 2.61. The topological polar surface area (TPSA) is 237 Å². The second-order valence-electron chi connectivity index (χ2n) is 7.81. The summed E-state index contributed by atoms with van der Waals surface area (Å²) >= 11 is 0. The van der Waals surface area contributed by atoms with Crippen molar-refractivity contribution in [3.63, 3.8) is 0 Å². The van der Waals surface area contributed by atoms with Crippen molar-refractivity contribution in [2.75, 3.05) is 0 Å². The van der Waals surface area contributed by atoms with Crippen molar-refractivity contribution < 1.29 is 33.9 Å². The van der Waals surface area contributed by atoms with Crippen molar-refractivity contribution >= 4 is 35.5 Å². The van der Waals surface area contributed by atoms with Gasteiger partial charge in [-0.15, -0.1) is 0 Å². The monoisotopic (exact) mass is 444 g/mol. The number of carbonyl (C=O) groups excluding carboxylic acids is 5. The maximum absolute atomic E-state index is 12.8. The lowest BCUT2D eigenvalue weighted by Gasteiger charge is -2.28. The molecule has 0 heterocycles. The van der Waals surface area contributed by atoms with Gasteiger partial charge in [0.05, 0.1) is 18.9 Å². The van der Waals surface area contributed by atoms with Crippen molar-refractivity contribution in [2.45, 2.75) is 64.7 Å². The molecule has 5 amide bonds. The van der Waals surface area contributed by atoms with Crippen LogP contribution in [0.3, 0.4) is 0 Å². The fraction of sp³-hybridized carbons (Fsp3) is 0.667. The minimum Gasteiger partial charge on any atom is -0.480 e. The highest BCUT2D eigenvalue weighted by molar-refractivity contribution is 5.95. The Bertz CT molecular complexity index is 710. The van der Waals surface area contributed by atoms with E-state index in [2.05, 4.69) is 16.0 Å². The van der Waals surface area contributed by atoms with Gasteiger partial charge in [-0.3, -0.25) is 24.0 Å². The van der Waals surface area contributed by atoms with E-state index in [1.54, 1.807) is 27.7 Å². The van der Waals surface area contributed by atoms with Gasteiger partial charge in [0.15, 0.2) is 0 Å². The number of nitrogens with one attached hydrogen (secondary N) is 3. The van der Waals surface area contributed by atoms with Crippen LogP contribution in [0.2, 0.25) is 0 Å². The van der Waals surface area contributed by atoms with E-state index in [0.29, 0.717) is 0 Å². The van der Waals surface area contributed by atoms with Crippen molar-refractivity contribution in [3.8, 4) is 0 Å². The maximum atomic E-state index is 12.8. The zero-order chi connectivity index (χ0) is 24.5. The highest BCUT2D eigenvalue weighted by Crippen LogP contribution is 2.08. The molecule has 13 nitrogen and oxygen atoms in total. The molecule has 0 aliphatic heterocycles. The number of hydrogen-bond acceptors (Lipinski definition) is 7. The van der Waals surface area contributed by atoms with Gasteiger partial charge >= 0.3 is 5.97 Å². The van der Waals surface area contributed by atoms with Crippen LogP contribution in [0.4, 0.5) is 0 Å². The first-order valence-corrected chi connectivity index (χ1v) is 9.63. The van der Waals surface area contributed by atoms with Gasteiger partial charge in [0, 0.05) is 0 Å². The molecule has 0 rings (SSSR count). The number of aliphatic carboxylic acids is 1. The summed E-state index contributed by atoms with van der Waals surface area (Å²) in [6.45, 7) is 6.50. The quantitative estimate of drug-likeness (QED) is 0.153. The molecule has 0 aliphatic carbocycles. The van der Waals surface area contributed by atoms with E-state index >= 15 is 0 Å². The molecule has 4 unspecified atom stereocenters. The van der Waals surface area contributed by atoms with Gasteiger partial charge in [0.1, 0.15) is 18.1 Å². The third kappa shape index (κ3) is 9.89. The van der Waals surface area contributed by atoms with Gasteiger partial charge in [-0.2, -0.15) is 0 Å². The Kier molecular flexibility index (Phi) is 11.2. The predicted octanol–water partition coefficient (Wildman–Crippen LogP) is -3.08. The first kappa shape index (κ1) is 27.8. The van der Waals surface area contributed by atoms with Crippen LogP contribution in [0.5, 0.6) is 0 Å². The molecule has 0 fully saturated rings. The number of carboxylic acid groups (broad SMARTS) is 1. The number of carboxylic acids is 1.